The first-order chi connectivity index (χ1) is 7.99. The van der Waals surface area contributed by atoms with Crippen LogP contribution in [0.1, 0.15) is 12.5 Å². The van der Waals surface area contributed by atoms with Crippen LogP contribution in [0.3, 0.4) is 0 Å². The molecule has 0 saturated carbocycles. The van der Waals surface area contributed by atoms with Crippen LogP contribution in [-0.4, -0.2) is 31.3 Å². The third kappa shape index (κ3) is 5.16. The van der Waals surface area contributed by atoms with Gasteiger partial charge in [-0.1, -0.05) is 36.7 Å². The van der Waals surface area contributed by atoms with Gasteiger partial charge in [0.15, 0.2) is 5.78 Å². The second-order valence-corrected chi connectivity index (χ2v) is 4.89. The lowest BCUT2D eigenvalue weighted by Crippen LogP contribution is -2.24. The van der Waals surface area contributed by atoms with Gasteiger partial charge in [0, 0.05) is 17.5 Å². The molecular weight excluding hydrogens is 234 g/mol. The van der Waals surface area contributed by atoms with Gasteiger partial charge in [-0.3, -0.25) is 4.79 Å². The number of halogens is 1. The first-order valence-electron chi connectivity index (χ1n) is 5.61. The summed E-state index contributed by atoms with van der Waals surface area (Å²) in [6, 6.07) is 7.41. The van der Waals surface area contributed by atoms with Crippen LogP contribution in [0.2, 0.25) is 5.02 Å². The Morgan fingerprint density at radius 3 is 2.47 bits per heavy atom. The predicted molar refractivity (Wildman–Crippen MR) is 73.2 cm³/mol. The molecule has 0 amide bonds. The molecule has 1 aromatic carbocycles. The molecule has 0 unspecified atom stereocenters. The van der Waals surface area contributed by atoms with Crippen molar-refractivity contribution in [3.63, 3.8) is 0 Å². The molecule has 0 aliphatic heterocycles. The third-order valence-electron chi connectivity index (χ3n) is 2.43. The lowest BCUT2D eigenvalue weighted by molar-refractivity contribution is -0.118. The minimum Gasteiger partial charge on any atom is -0.309 e. The van der Waals surface area contributed by atoms with Gasteiger partial charge in [0.1, 0.15) is 0 Å². The van der Waals surface area contributed by atoms with E-state index in [-0.39, 0.29) is 11.7 Å². The molecule has 92 valence electrons. The second-order valence-electron chi connectivity index (χ2n) is 4.45. The van der Waals surface area contributed by atoms with Crippen LogP contribution < -0.4 is 0 Å². The average molecular weight is 252 g/mol. The van der Waals surface area contributed by atoms with Gasteiger partial charge in [-0.25, -0.2) is 0 Å². The smallest absolute Gasteiger partial charge is 0.159 e. The monoisotopic (exact) mass is 251 g/mol. The van der Waals surface area contributed by atoms with Crippen LogP contribution in [0.25, 0.3) is 6.08 Å². The molecular formula is C14H18ClNO. The summed E-state index contributed by atoms with van der Waals surface area (Å²) in [6.07, 6.45) is 3.46. The molecule has 0 N–H and O–H groups in total. The summed E-state index contributed by atoms with van der Waals surface area (Å²) in [7, 11) is 3.93. The van der Waals surface area contributed by atoms with Gasteiger partial charge in [-0.2, -0.15) is 0 Å². The molecule has 0 aliphatic carbocycles. The van der Waals surface area contributed by atoms with E-state index >= 15 is 0 Å². The van der Waals surface area contributed by atoms with E-state index in [0.717, 1.165) is 12.1 Å². The molecule has 3 heteroatoms. The molecule has 1 atom stereocenters. The zero-order valence-electron chi connectivity index (χ0n) is 10.5. The molecule has 0 heterocycles. The first kappa shape index (κ1) is 13.9. The molecule has 0 saturated heterocycles. The highest BCUT2D eigenvalue weighted by Crippen LogP contribution is 2.11. The van der Waals surface area contributed by atoms with Gasteiger partial charge >= 0.3 is 0 Å². The van der Waals surface area contributed by atoms with Crippen molar-refractivity contribution in [2.24, 2.45) is 5.92 Å². The minimum absolute atomic E-state index is 0.0218. The predicted octanol–water partition coefficient (Wildman–Crippen LogP) is 3.12. The van der Waals surface area contributed by atoms with Crippen molar-refractivity contribution in [1.29, 1.82) is 0 Å². The number of hydrogen-bond acceptors (Lipinski definition) is 2. The Labute approximate surface area is 108 Å². The van der Waals surface area contributed by atoms with Crippen LogP contribution in [0, 0.1) is 5.92 Å². The first-order valence-corrected chi connectivity index (χ1v) is 5.99. The molecule has 0 fully saturated rings. The number of nitrogens with zero attached hydrogens (tertiary/aromatic N) is 1. The standard InChI is InChI=1S/C14H18ClNO/c1-11(10-16(2)3)14(17)9-6-12-4-7-13(15)8-5-12/h4-9,11H,10H2,1-3H3/b9-6+/t11-/m0/s1. The van der Waals surface area contributed by atoms with E-state index in [4.69, 9.17) is 11.6 Å². The Morgan fingerprint density at radius 2 is 1.94 bits per heavy atom. The number of rotatable bonds is 5. The number of carbonyl (C=O) groups excluding carboxylic acids is 1. The van der Waals surface area contributed by atoms with Crippen LogP contribution in [0.4, 0.5) is 0 Å². The summed E-state index contributed by atoms with van der Waals surface area (Å²) in [5, 5.41) is 0.703. The fourth-order valence-corrected chi connectivity index (χ4v) is 1.68. The number of ketones is 1. The highest BCUT2D eigenvalue weighted by molar-refractivity contribution is 6.30. The maximum Gasteiger partial charge on any atom is 0.159 e. The molecule has 2 nitrogen and oxygen atoms in total. The van der Waals surface area contributed by atoms with Gasteiger partial charge in [-0.15, -0.1) is 0 Å². The lowest BCUT2D eigenvalue weighted by atomic mass is 10.0. The van der Waals surface area contributed by atoms with E-state index < -0.39 is 0 Å². The Hall–Kier alpha value is -1.12. The van der Waals surface area contributed by atoms with Crippen molar-refractivity contribution in [2.45, 2.75) is 6.92 Å². The molecule has 0 spiro atoms. The normalized spacial score (nSPS) is 13.2. The molecule has 0 bridgehead atoms. The fraction of sp³-hybridized carbons (Fsp3) is 0.357. The van der Waals surface area contributed by atoms with Crippen LogP contribution >= 0.6 is 11.6 Å². The zero-order valence-corrected chi connectivity index (χ0v) is 11.2. The Balaban J connectivity index is 2.58. The van der Waals surface area contributed by atoms with Crippen LogP contribution in [0.5, 0.6) is 0 Å². The Bertz CT molecular complexity index is 395. The van der Waals surface area contributed by atoms with Gasteiger partial charge in [0.25, 0.3) is 0 Å². The zero-order chi connectivity index (χ0) is 12.8. The van der Waals surface area contributed by atoms with Crippen molar-refractivity contribution in [3.05, 3.63) is 40.9 Å². The number of allylic oxidation sites excluding steroid dienone is 1. The molecule has 0 aliphatic rings. The quantitative estimate of drug-likeness (QED) is 0.750. The summed E-state index contributed by atoms with van der Waals surface area (Å²) in [5.41, 5.74) is 0.986. The Kier molecular flexibility index (Phi) is 5.39. The van der Waals surface area contributed by atoms with Gasteiger partial charge < -0.3 is 4.90 Å². The third-order valence-corrected chi connectivity index (χ3v) is 2.69. The average Bonchev–Trinajstić information content (AvgIpc) is 2.27. The fourth-order valence-electron chi connectivity index (χ4n) is 1.55. The van der Waals surface area contributed by atoms with E-state index in [9.17, 15) is 4.79 Å². The van der Waals surface area contributed by atoms with E-state index in [1.165, 1.54) is 0 Å². The topological polar surface area (TPSA) is 20.3 Å². The lowest BCUT2D eigenvalue weighted by Gasteiger charge is -2.13. The van der Waals surface area contributed by atoms with Crippen LogP contribution in [0.15, 0.2) is 30.3 Å². The summed E-state index contributed by atoms with van der Waals surface area (Å²) in [6.45, 7) is 2.71. The van der Waals surface area contributed by atoms with Crippen molar-refractivity contribution in [3.8, 4) is 0 Å². The highest BCUT2D eigenvalue weighted by Gasteiger charge is 2.10. The van der Waals surface area contributed by atoms with Crippen molar-refractivity contribution >= 4 is 23.5 Å². The van der Waals surface area contributed by atoms with Gasteiger partial charge in [0.2, 0.25) is 0 Å². The van der Waals surface area contributed by atoms with Crippen LogP contribution in [-0.2, 0) is 4.79 Å². The summed E-state index contributed by atoms with van der Waals surface area (Å²) in [5.74, 6) is 0.169. The van der Waals surface area contributed by atoms with Crippen molar-refractivity contribution in [2.75, 3.05) is 20.6 Å². The summed E-state index contributed by atoms with van der Waals surface area (Å²) >= 11 is 5.79. The molecule has 1 aromatic rings. The molecule has 0 radical (unpaired) electrons. The maximum absolute atomic E-state index is 11.8. The molecule has 0 aromatic heterocycles. The SMILES string of the molecule is C[C@@H](CN(C)C)C(=O)/C=C/c1ccc(Cl)cc1. The maximum atomic E-state index is 11.8. The number of carbonyl (C=O) groups is 1. The van der Waals surface area contributed by atoms with Gasteiger partial charge in [-0.05, 0) is 37.9 Å². The Morgan fingerprint density at radius 1 is 1.35 bits per heavy atom. The summed E-state index contributed by atoms with van der Waals surface area (Å²) in [4.78, 5) is 13.8. The highest BCUT2D eigenvalue weighted by atomic mass is 35.5. The second kappa shape index (κ2) is 6.58. The number of benzene rings is 1. The van der Waals surface area contributed by atoms with E-state index in [0.29, 0.717) is 5.02 Å². The van der Waals surface area contributed by atoms with E-state index in [1.807, 2.05) is 56.3 Å². The molecule has 1 rings (SSSR count). The van der Waals surface area contributed by atoms with Crippen molar-refractivity contribution < 1.29 is 4.79 Å². The van der Waals surface area contributed by atoms with Gasteiger partial charge in [0.05, 0.1) is 0 Å². The molecule has 17 heavy (non-hydrogen) atoms. The van der Waals surface area contributed by atoms with E-state index in [2.05, 4.69) is 0 Å². The largest absolute Gasteiger partial charge is 0.309 e. The van der Waals surface area contributed by atoms with E-state index in [1.54, 1.807) is 6.08 Å². The number of hydrogen-bond donors (Lipinski definition) is 0. The summed E-state index contributed by atoms with van der Waals surface area (Å²) < 4.78 is 0. The minimum atomic E-state index is 0.0218. The van der Waals surface area contributed by atoms with Crippen molar-refractivity contribution in [1.82, 2.24) is 4.90 Å².